The monoisotopic (exact) mass is 406 g/mol. The minimum absolute atomic E-state index is 0.0729. The molecule has 9 heteroatoms. The number of halogens is 1. The Kier molecular flexibility index (Phi) is 6.15. The van der Waals surface area contributed by atoms with Gasteiger partial charge in [0, 0.05) is 5.38 Å². The van der Waals surface area contributed by atoms with Crippen molar-refractivity contribution in [1.82, 2.24) is 4.98 Å². The number of thiazole rings is 1. The largest absolute Gasteiger partial charge is 0.486 e. The maximum absolute atomic E-state index is 12.9. The molecule has 0 atom stereocenters. The van der Waals surface area contributed by atoms with Crippen molar-refractivity contribution in [3.63, 3.8) is 0 Å². The highest BCUT2D eigenvalue weighted by Gasteiger charge is 2.16. The van der Waals surface area contributed by atoms with E-state index in [9.17, 15) is 14.0 Å². The highest BCUT2D eigenvalue weighted by atomic mass is 32.1. The van der Waals surface area contributed by atoms with E-state index in [1.54, 1.807) is 16.8 Å². The van der Waals surface area contributed by atoms with E-state index in [1.807, 2.05) is 0 Å². The van der Waals surface area contributed by atoms with Crippen molar-refractivity contribution in [2.45, 2.75) is 13.0 Å². The van der Waals surface area contributed by atoms with Crippen molar-refractivity contribution in [3.05, 3.63) is 62.5 Å². The van der Waals surface area contributed by atoms with Crippen LogP contribution >= 0.6 is 22.7 Å². The number of hydrogen-bond acceptors (Lipinski definition) is 7. The number of esters is 1. The molecule has 3 aromatic rings. The Balaban J connectivity index is 1.54. The number of nitrogens with one attached hydrogen (secondary N) is 1. The van der Waals surface area contributed by atoms with Gasteiger partial charge in [0.2, 0.25) is 5.91 Å². The first kappa shape index (κ1) is 19.0. The van der Waals surface area contributed by atoms with Gasteiger partial charge in [-0.15, -0.1) is 22.7 Å². The van der Waals surface area contributed by atoms with Crippen molar-refractivity contribution in [1.29, 1.82) is 0 Å². The molecule has 3 rings (SSSR count). The van der Waals surface area contributed by atoms with E-state index < -0.39 is 5.97 Å². The maximum Gasteiger partial charge on any atom is 0.350 e. The van der Waals surface area contributed by atoms with Gasteiger partial charge in [-0.1, -0.05) is 0 Å². The van der Waals surface area contributed by atoms with Crippen LogP contribution < -0.4 is 10.1 Å². The van der Waals surface area contributed by atoms with Crippen LogP contribution in [0.3, 0.4) is 0 Å². The fraction of sp³-hybridized carbons (Fsp3) is 0.167. The fourth-order valence-electron chi connectivity index (χ4n) is 2.19. The Hall–Kier alpha value is -2.78. The molecule has 2 aromatic heterocycles. The number of nitrogens with zero attached hydrogens (tertiary/aromatic N) is 1. The van der Waals surface area contributed by atoms with Crippen LogP contribution in [0.15, 0.2) is 41.1 Å². The standard InChI is InChI=1S/C18H15FN2O4S2/c1-24-18(23)17-14(6-7-26-17)21-15(22)8-12-10-27-16(20-12)9-25-13-4-2-11(19)3-5-13/h2-7,10H,8-9H2,1H3,(H,21,22). The van der Waals surface area contributed by atoms with Crippen LogP contribution in [-0.2, 0) is 22.6 Å². The molecule has 0 unspecified atom stereocenters. The Labute approximate surface area is 162 Å². The number of hydrogen-bond donors (Lipinski definition) is 1. The number of carbonyl (C=O) groups excluding carboxylic acids is 2. The molecular formula is C18H15FN2O4S2. The molecule has 1 N–H and O–H groups in total. The second-order valence-corrected chi connectivity index (χ2v) is 7.21. The van der Waals surface area contributed by atoms with E-state index in [0.717, 1.165) is 0 Å². The van der Waals surface area contributed by atoms with E-state index in [2.05, 4.69) is 15.0 Å². The first-order valence-electron chi connectivity index (χ1n) is 7.82. The molecule has 2 heterocycles. The lowest BCUT2D eigenvalue weighted by atomic mass is 10.3. The number of benzene rings is 1. The van der Waals surface area contributed by atoms with Gasteiger partial charge in [0.05, 0.1) is 24.9 Å². The number of carbonyl (C=O) groups is 2. The Bertz CT molecular complexity index is 937. The quantitative estimate of drug-likeness (QED) is 0.603. The summed E-state index contributed by atoms with van der Waals surface area (Å²) in [5.41, 5.74) is 1.02. The van der Waals surface area contributed by atoms with Gasteiger partial charge in [-0.05, 0) is 35.7 Å². The summed E-state index contributed by atoms with van der Waals surface area (Å²) in [6.45, 7) is 0.231. The summed E-state index contributed by atoms with van der Waals surface area (Å²) in [7, 11) is 1.29. The zero-order valence-electron chi connectivity index (χ0n) is 14.2. The molecule has 0 fully saturated rings. The molecule has 0 aliphatic rings. The number of anilines is 1. The van der Waals surface area contributed by atoms with Gasteiger partial charge in [-0.25, -0.2) is 14.2 Å². The Morgan fingerprint density at radius 2 is 1.96 bits per heavy atom. The van der Waals surface area contributed by atoms with Crippen molar-refractivity contribution in [2.24, 2.45) is 0 Å². The van der Waals surface area contributed by atoms with Gasteiger partial charge < -0.3 is 14.8 Å². The highest BCUT2D eigenvalue weighted by Crippen LogP contribution is 2.23. The topological polar surface area (TPSA) is 77.5 Å². The Morgan fingerprint density at radius 3 is 2.70 bits per heavy atom. The summed E-state index contributed by atoms with van der Waals surface area (Å²) >= 11 is 2.57. The minimum atomic E-state index is -0.491. The van der Waals surface area contributed by atoms with E-state index in [0.29, 0.717) is 27.0 Å². The summed E-state index contributed by atoms with van der Waals surface area (Å²) < 4.78 is 23.1. The van der Waals surface area contributed by atoms with Gasteiger partial charge in [-0.3, -0.25) is 4.79 Å². The average molecular weight is 406 g/mol. The predicted molar refractivity (Wildman–Crippen MR) is 101 cm³/mol. The molecule has 0 radical (unpaired) electrons. The molecule has 1 aromatic carbocycles. The van der Waals surface area contributed by atoms with Crippen molar-refractivity contribution >= 4 is 40.2 Å². The molecule has 6 nitrogen and oxygen atoms in total. The minimum Gasteiger partial charge on any atom is -0.486 e. The highest BCUT2D eigenvalue weighted by molar-refractivity contribution is 7.12. The zero-order valence-corrected chi connectivity index (χ0v) is 15.9. The summed E-state index contributed by atoms with van der Waals surface area (Å²) in [4.78, 5) is 28.5. The summed E-state index contributed by atoms with van der Waals surface area (Å²) in [6, 6.07) is 7.37. The molecule has 0 bridgehead atoms. The predicted octanol–water partition coefficient (Wildman–Crippen LogP) is 3.89. The van der Waals surface area contributed by atoms with E-state index in [4.69, 9.17) is 4.74 Å². The second-order valence-electron chi connectivity index (χ2n) is 5.36. The fourth-order valence-corrected chi connectivity index (χ4v) is 3.66. The van der Waals surface area contributed by atoms with Gasteiger partial charge in [0.15, 0.2) is 0 Å². The SMILES string of the molecule is COC(=O)c1sccc1NC(=O)Cc1csc(COc2ccc(F)cc2)n1. The van der Waals surface area contributed by atoms with Gasteiger partial charge in [0.25, 0.3) is 0 Å². The molecule has 0 saturated heterocycles. The zero-order chi connectivity index (χ0) is 19.2. The van der Waals surface area contributed by atoms with Crippen LogP contribution in [-0.4, -0.2) is 24.0 Å². The van der Waals surface area contributed by atoms with Gasteiger partial charge >= 0.3 is 5.97 Å². The number of ether oxygens (including phenoxy) is 2. The van der Waals surface area contributed by atoms with Crippen LogP contribution in [0, 0.1) is 5.82 Å². The second kappa shape index (κ2) is 8.74. The molecule has 27 heavy (non-hydrogen) atoms. The van der Waals surface area contributed by atoms with Crippen LogP contribution in [0.4, 0.5) is 10.1 Å². The molecule has 1 amide bonds. The first-order valence-corrected chi connectivity index (χ1v) is 9.58. The van der Waals surface area contributed by atoms with E-state index >= 15 is 0 Å². The number of thiophene rings is 1. The molecule has 140 valence electrons. The lowest BCUT2D eigenvalue weighted by Crippen LogP contribution is -2.16. The lowest BCUT2D eigenvalue weighted by molar-refractivity contribution is -0.115. The van der Waals surface area contributed by atoms with Crippen LogP contribution in [0.5, 0.6) is 5.75 Å². The van der Waals surface area contributed by atoms with Crippen LogP contribution in [0.1, 0.15) is 20.4 Å². The number of methoxy groups -OCH3 is 1. The third kappa shape index (κ3) is 5.11. The summed E-state index contributed by atoms with van der Waals surface area (Å²) in [5.74, 6) is -0.561. The lowest BCUT2D eigenvalue weighted by Gasteiger charge is -2.04. The third-order valence-electron chi connectivity index (χ3n) is 3.43. The van der Waals surface area contributed by atoms with Crippen molar-refractivity contribution in [3.8, 4) is 5.75 Å². The number of aromatic nitrogens is 1. The van der Waals surface area contributed by atoms with Crippen LogP contribution in [0.25, 0.3) is 0 Å². The molecule has 0 aliphatic carbocycles. The summed E-state index contributed by atoms with van der Waals surface area (Å²) in [5, 5.41) is 6.88. The van der Waals surface area contributed by atoms with Crippen molar-refractivity contribution < 1.29 is 23.5 Å². The molecule has 0 aliphatic heterocycles. The maximum atomic E-state index is 12.9. The van der Waals surface area contributed by atoms with E-state index in [-0.39, 0.29) is 24.8 Å². The van der Waals surface area contributed by atoms with Crippen LogP contribution in [0.2, 0.25) is 0 Å². The third-order valence-corrected chi connectivity index (χ3v) is 5.19. The van der Waals surface area contributed by atoms with Gasteiger partial charge in [0.1, 0.15) is 28.1 Å². The first-order chi connectivity index (χ1) is 13.0. The molecular weight excluding hydrogens is 391 g/mol. The molecule has 0 saturated carbocycles. The smallest absolute Gasteiger partial charge is 0.350 e. The van der Waals surface area contributed by atoms with Gasteiger partial charge in [-0.2, -0.15) is 0 Å². The molecule has 0 spiro atoms. The Morgan fingerprint density at radius 1 is 1.19 bits per heavy atom. The summed E-state index contributed by atoms with van der Waals surface area (Å²) in [6.07, 6.45) is 0.0729. The number of rotatable bonds is 7. The van der Waals surface area contributed by atoms with Crippen molar-refractivity contribution in [2.75, 3.05) is 12.4 Å². The van der Waals surface area contributed by atoms with E-state index in [1.165, 1.54) is 54.0 Å². The normalized spacial score (nSPS) is 10.4. The number of amides is 1. The average Bonchev–Trinajstić information content (AvgIpc) is 3.30.